The van der Waals surface area contributed by atoms with Gasteiger partial charge in [-0.05, 0) is 32.1 Å². The average molecular weight is 482 g/mol. The van der Waals surface area contributed by atoms with Crippen molar-refractivity contribution in [2.75, 3.05) is 25.0 Å². The monoisotopic (exact) mass is 480 g/mol. The Balaban J connectivity index is 3.30. The minimum atomic E-state index is -0.208. The van der Waals surface area contributed by atoms with Gasteiger partial charge in [-0.1, -0.05) is 77.0 Å². The molecule has 0 aliphatic heterocycles. The van der Waals surface area contributed by atoms with Crippen LogP contribution in [0.3, 0.4) is 0 Å². The van der Waals surface area contributed by atoms with E-state index in [9.17, 15) is 9.59 Å². The maximum Gasteiger partial charge on any atom is 0.305 e. The highest BCUT2D eigenvalue weighted by atomic mass is 35.5. The van der Waals surface area contributed by atoms with Crippen LogP contribution < -0.4 is 0 Å². The van der Waals surface area contributed by atoms with Gasteiger partial charge in [0.05, 0.1) is 13.2 Å². The van der Waals surface area contributed by atoms with Gasteiger partial charge >= 0.3 is 11.9 Å². The van der Waals surface area contributed by atoms with Gasteiger partial charge in [-0.3, -0.25) is 9.59 Å². The number of rotatable bonds is 24. The molecule has 6 heteroatoms. The number of alkyl halides is 2. The maximum atomic E-state index is 11.7. The molecule has 4 nitrogen and oxygen atoms in total. The number of carbonyl (C=O) groups is 2. The SMILES string of the molecule is O=C(CCCC(=O)OCCCCCCCCCCCl)OCCCCCCCCCCCl. The number of carbonyl (C=O) groups excluding carboxylic acids is 2. The van der Waals surface area contributed by atoms with E-state index in [4.69, 9.17) is 32.7 Å². The molecule has 0 bridgehead atoms. The Hall–Kier alpha value is -0.480. The lowest BCUT2D eigenvalue weighted by Crippen LogP contribution is -2.09. The van der Waals surface area contributed by atoms with Crippen LogP contribution in [0.25, 0.3) is 0 Å². The summed E-state index contributed by atoms with van der Waals surface area (Å²) in [5.74, 6) is 1.12. The van der Waals surface area contributed by atoms with Crippen molar-refractivity contribution < 1.29 is 19.1 Å². The molecule has 184 valence electrons. The Labute approximate surface area is 201 Å². The summed E-state index contributed by atoms with van der Waals surface area (Å²) in [6.07, 6.45) is 19.7. The molecule has 0 spiro atoms. The Morgan fingerprint density at radius 1 is 0.419 bits per heavy atom. The molecule has 0 aromatic heterocycles. The quantitative estimate of drug-likeness (QED) is 0.0797. The van der Waals surface area contributed by atoms with Gasteiger partial charge < -0.3 is 9.47 Å². The van der Waals surface area contributed by atoms with Gasteiger partial charge in [0.15, 0.2) is 0 Å². The van der Waals surface area contributed by atoms with E-state index in [1.807, 2.05) is 0 Å². The second-order valence-corrected chi connectivity index (χ2v) is 9.09. The first-order chi connectivity index (χ1) is 15.2. The van der Waals surface area contributed by atoms with Crippen LogP contribution >= 0.6 is 23.2 Å². The van der Waals surface area contributed by atoms with Gasteiger partial charge in [-0.15, -0.1) is 23.2 Å². The third kappa shape index (κ3) is 25.7. The third-order valence-electron chi connectivity index (χ3n) is 5.34. The van der Waals surface area contributed by atoms with Crippen LogP contribution in [0.2, 0.25) is 0 Å². The molecule has 0 aliphatic carbocycles. The van der Waals surface area contributed by atoms with E-state index in [2.05, 4.69) is 0 Å². The van der Waals surface area contributed by atoms with E-state index >= 15 is 0 Å². The van der Waals surface area contributed by atoms with E-state index in [0.29, 0.717) is 32.5 Å². The third-order valence-corrected chi connectivity index (χ3v) is 5.88. The minimum absolute atomic E-state index is 0.208. The van der Waals surface area contributed by atoms with Gasteiger partial charge in [0.2, 0.25) is 0 Å². The summed E-state index contributed by atoms with van der Waals surface area (Å²) in [4.78, 5) is 23.4. The summed E-state index contributed by atoms with van der Waals surface area (Å²) in [6, 6.07) is 0. The van der Waals surface area contributed by atoms with Crippen LogP contribution in [-0.4, -0.2) is 36.9 Å². The zero-order valence-corrected chi connectivity index (χ0v) is 21.2. The lowest BCUT2D eigenvalue weighted by molar-refractivity contribution is -0.145. The summed E-state index contributed by atoms with van der Waals surface area (Å²) < 4.78 is 10.5. The molecule has 0 N–H and O–H groups in total. The van der Waals surface area contributed by atoms with Crippen LogP contribution in [0.4, 0.5) is 0 Å². The van der Waals surface area contributed by atoms with Crippen LogP contribution in [0.5, 0.6) is 0 Å². The summed E-state index contributed by atoms with van der Waals surface area (Å²) >= 11 is 11.3. The number of halogens is 2. The Morgan fingerprint density at radius 3 is 1.03 bits per heavy atom. The highest BCUT2D eigenvalue weighted by Crippen LogP contribution is 2.10. The Bertz CT molecular complexity index is 369. The molecule has 0 unspecified atom stereocenters. The topological polar surface area (TPSA) is 52.6 Å². The summed E-state index contributed by atoms with van der Waals surface area (Å²) in [5.41, 5.74) is 0. The van der Waals surface area contributed by atoms with Gasteiger partial charge in [0, 0.05) is 24.6 Å². The molecule has 0 aliphatic rings. The molecule has 0 heterocycles. The normalized spacial score (nSPS) is 10.9. The maximum absolute atomic E-state index is 11.7. The van der Waals surface area contributed by atoms with E-state index in [-0.39, 0.29) is 11.9 Å². The number of unbranched alkanes of at least 4 members (excludes halogenated alkanes) is 14. The van der Waals surface area contributed by atoms with Crippen molar-refractivity contribution in [2.45, 2.75) is 122 Å². The standard InChI is InChI=1S/C25H46Cl2O4/c26-20-13-9-5-1-3-7-11-15-22-30-24(28)18-17-19-25(29)31-23-16-12-8-4-2-6-10-14-21-27/h1-23H2. The second-order valence-electron chi connectivity index (χ2n) is 8.33. The van der Waals surface area contributed by atoms with Crippen LogP contribution in [0.15, 0.2) is 0 Å². The molecule has 0 radical (unpaired) electrons. The van der Waals surface area contributed by atoms with Crippen molar-refractivity contribution >= 4 is 35.1 Å². The van der Waals surface area contributed by atoms with Crippen LogP contribution in [0.1, 0.15) is 122 Å². The number of ether oxygens (including phenoxy) is 2. The molecule has 0 saturated carbocycles. The smallest absolute Gasteiger partial charge is 0.305 e. The summed E-state index contributed by atoms with van der Waals surface area (Å²) in [5, 5.41) is 0. The molecule has 0 rings (SSSR count). The van der Waals surface area contributed by atoms with Crippen molar-refractivity contribution in [1.29, 1.82) is 0 Å². The van der Waals surface area contributed by atoms with Gasteiger partial charge in [-0.25, -0.2) is 0 Å². The van der Waals surface area contributed by atoms with Crippen LogP contribution in [0, 0.1) is 0 Å². The van der Waals surface area contributed by atoms with Crippen LogP contribution in [-0.2, 0) is 19.1 Å². The first-order valence-electron chi connectivity index (χ1n) is 12.6. The fourth-order valence-corrected chi connectivity index (χ4v) is 3.79. The minimum Gasteiger partial charge on any atom is -0.466 e. The molecule has 0 fully saturated rings. The summed E-state index contributed by atoms with van der Waals surface area (Å²) in [7, 11) is 0. The number of hydrogen-bond acceptors (Lipinski definition) is 4. The molecule has 0 aromatic carbocycles. The molecule has 0 aromatic rings. The zero-order chi connectivity index (χ0) is 22.8. The van der Waals surface area contributed by atoms with Crippen molar-refractivity contribution in [3.8, 4) is 0 Å². The van der Waals surface area contributed by atoms with Gasteiger partial charge in [0.25, 0.3) is 0 Å². The van der Waals surface area contributed by atoms with Gasteiger partial charge in [-0.2, -0.15) is 0 Å². The molecular weight excluding hydrogens is 435 g/mol. The molecule has 0 saturated heterocycles. The van der Waals surface area contributed by atoms with Crippen molar-refractivity contribution in [2.24, 2.45) is 0 Å². The lowest BCUT2D eigenvalue weighted by Gasteiger charge is -2.06. The summed E-state index contributed by atoms with van der Waals surface area (Å²) in [6.45, 7) is 0.977. The largest absolute Gasteiger partial charge is 0.466 e. The molecule has 0 atom stereocenters. The highest BCUT2D eigenvalue weighted by Gasteiger charge is 2.07. The first kappa shape index (κ1) is 30.5. The van der Waals surface area contributed by atoms with Crippen molar-refractivity contribution in [1.82, 2.24) is 0 Å². The Morgan fingerprint density at radius 2 is 0.710 bits per heavy atom. The number of esters is 2. The highest BCUT2D eigenvalue weighted by molar-refractivity contribution is 6.18. The Kier molecular flexibility index (Phi) is 25.4. The van der Waals surface area contributed by atoms with E-state index in [1.165, 1.54) is 64.2 Å². The van der Waals surface area contributed by atoms with Crippen molar-refractivity contribution in [3.63, 3.8) is 0 Å². The lowest BCUT2D eigenvalue weighted by atomic mass is 10.1. The van der Waals surface area contributed by atoms with E-state index < -0.39 is 0 Å². The van der Waals surface area contributed by atoms with E-state index in [0.717, 1.165) is 50.3 Å². The fraction of sp³-hybridized carbons (Fsp3) is 0.920. The van der Waals surface area contributed by atoms with Crippen molar-refractivity contribution in [3.05, 3.63) is 0 Å². The van der Waals surface area contributed by atoms with Gasteiger partial charge in [0.1, 0.15) is 0 Å². The predicted molar refractivity (Wildman–Crippen MR) is 131 cm³/mol. The average Bonchev–Trinajstić information content (AvgIpc) is 2.76. The molecular formula is C25H46Cl2O4. The first-order valence-corrected chi connectivity index (χ1v) is 13.7. The number of hydrogen-bond donors (Lipinski definition) is 0. The zero-order valence-electron chi connectivity index (χ0n) is 19.7. The van der Waals surface area contributed by atoms with E-state index in [1.54, 1.807) is 0 Å². The predicted octanol–water partition coefficient (Wildman–Crippen LogP) is 7.96. The second kappa shape index (κ2) is 25.8. The molecule has 0 amide bonds. The molecule has 31 heavy (non-hydrogen) atoms. The fourth-order valence-electron chi connectivity index (χ4n) is 3.41.